The van der Waals surface area contributed by atoms with Gasteiger partial charge in [-0.2, -0.15) is 0 Å². The van der Waals surface area contributed by atoms with Crippen LogP contribution < -0.4 is 21.3 Å². The van der Waals surface area contributed by atoms with Gasteiger partial charge in [-0.25, -0.2) is 19.2 Å². The van der Waals surface area contributed by atoms with Crippen LogP contribution in [0.4, 0.5) is 4.79 Å². The highest BCUT2D eigenvalue weighted by atomic mass is 127. The van der Waals surface area contributed by atoms with Crippen molar-refractivity contribution in [3.05, 3.63) is 33.4 Å². The molecule has 0 aliphatic rings. The summed E-state index contributed by atoms with van der Waals surface area (Å²) in [5.41, 5.74) is 1.15. The van der Waals surface area contributed by atoms with Crippen LogP contribution in [-0.4, -0.2) is 86.8 Å². The third-order valence-corrected chi connectivity index (χ3v) is 6.89. The second kappa shape index (κ2) is 20.0. The van der Waals surface area contributed by atoms with Gasteiger partial charge in [-0.3, -0.25) is 14.4 Å². The van der Waals surface area contributed by atoms with E-state index in [1.807, 2.05) is 34.9 Å². The quantitative estimate of drug-likeness (QED) is 0.0665. The molecular weight excluding hydrogens is 683 g/mol. The summed E-state index contributed by atoms with van der Waals surface area (Å²) in [6.07, 6.45) is 0.892. The molecule has 0 fully saturated rings. The molecule has 1 aromatic rings. The van der Waals surface area contributed by atoms with Crippen molar-refractivity contribution >= 4 is 64.3 Å². The smallest absolute Gasteiger partial charge is 0.326 e. The number of carbonyl (C=O) groups is 7. The third-order valence-electron chi connectivity index (χ3n) is 6.17. The van der Waals surface area contributed by atoms with E-state index in [2.05, 4.69) is 33.2 Å². The zero-order valence-electron chi connectivity index (χ0n) is 23.3. The van der Waals surface area contributed by atoms with Crippen LogP contribution in [0.3, 0.4) is 0 Å². The second-order valence-electron chi connectivity index (χ2n) is 9.65. The summed E-state index contributed by atoms with van der Waals surface area (Å²) < 4.78 is 1.14. The average Bonchev–Trinajstić information content (AvgIpc) is 2.92. The molecule has 0 bridgehead atoms. The molecule has 16 heteroatoms. The van der Waals surface area contributed by atoms with Crippen molar-refractivity contribution in [2.45, 2.75) is 82.3 Å². The number of hydrogen-bond donors (Lipinski definition) is 8. The lowest BCUT2D eigenvalue weighted by atomic mass is 10.1. The Kier molecular flexibility index (Phi) is 17.3. The first kappa shape index (κ1) is 37.1. The van der Waals surface area contributed by atoms with Gasteiger partial charge < -0.3 is 41.7 Å². The molecule has 0 unspecified atom stereocenters. The van der Waals surface area contributed by atoms with Gasteiger partial charge in [0.1, 0.15) is 18.1 Å². The number of unbranched alkanes of at least 4 members (excludes halogenated alkanes) is 1. The van der Waals surface area contributed by atoms with Gasteiger partial charge in [0.05, 0.1) is 0 Å². The molecular formula is C27H37IN4O11. The Morgan fingerprint density at radius 3 is 1.70 bits per heavy atom. The number of nitrogens with one attached hydrogen (secondary N) is 4. The van der Waals surface area contributed by atoms with E-state index in [0.717, 1.165) is 15.6 Å². The molecule has 15 nitrogen and oxygen atoms in total. The van der Waals surface area contributed by atoms with Crippen molar-refractivity contribution in [3.8, 4) is 0 Å². The summed E-state index contributed by atoms with van der Waals surface area (Å²) in [4.78, 5) is 81.3. The maximum Gasteiger partial charge on any atom is 0.326 e. The minimum absolute atomic E-state index is 0.0691. The molecule has 1 aromatic carbocycles. The topological polar surface area (TPSA) is 249 Å². The maximum absolute atomic E-state index is 12.3. The van der Waals surface area contributed by atoms with E-state index in [1.54, 1.807) is 0 Å². The molecule has 0 aliphatic carbocycles. The van der Waals surface area contributed by atoms with E-state index in [9.17, 15) is 43.8 Å². The fourth-order valence-corrected chi connectivity index (χ4v) is 4.19. The summed E-state index contributed by atoms with van der Waals surface area (Å²) in [6.45, 7) is 0.343. The lowest BCUT2D eigenvalue weighted by Crippen LogP contribution is -2.51. The highest BCUT2D eigenvalue weighted by molar-refractivity contribution is 14.1. The molecule has 8 N–H and O–H groups in total. The van der Waals surface area contributed by atoms with Crippen LogP contribution in [0, 0.1) is 3.57 Å². The molecule has 0 heterocycles. The Hall–Kier alpha value is -3.96. The average molecular weight is 721 g/mol. The van der Waals surface area contributed by atoms with E-state index in [4.69, 9.17) is 10.2 Å². The van der Waals surface area contributed by atoms with E-state index >= 15 is 0 Å². The summed E-state index contributed by atoms with van der Waals surface area (Å²) >= 11 is 2.22. The number of carboxylic acids is 4. The van der Waals surface area contributed by atoms with Crippen molar-refractivity contribution in [1.82, 2.24) is 21.3 Å². The van der Waals surface area contributed by atoms with Crippen molar-refractivity contribution in [3.63, 3.8) is 0 Å². The number of carboxylic acid groups (broad SMARTS) is 4. The lowest BCUT2D eigenvalue weighted by Gasteiger charge is -2.19. The van der Waals surface area contributed by atoms with Crippen molar-refractivity contribution in [2.75, 3.05) is 6.54 Å². The number of carbonyl (C=O) groups excluding carboxylic acids is 3. The van der Waals surface area contributed by atoms with E-state index in [1.165, 1.54) is 0 Å². The van der Waals surface area contributed by atoms with E-state index in [0.29, 0.717) is 32.2 Å². The Morgan fingerprint density at radius 1 is 0.628 bits per heavy atom. The number of urea groups is 1. The van der Waals surface area contributed by atoms with Crippen LogP contribution in [-0.2, 0) is 35.2 Å². The van der Waals surface area contributed by atoms with Crippen LogP contribution in [0.15, 0.2) is 24.3 Å². The molecule has 238 valence electrons. The number of benzene rings is 1. The fraction of sp³-hybridized carbons (Fsp3) is 0.519. The largest absolute Gasteiger partial charge is 0.481 e. The van der Waals surface area contributed by atoms with Gasteiger partial charge in [0, 0.05) is 29.4 Å². The molecule has 0 aliphatic heterocycles. The van der Waals surface area contributed by atoms with Crippen LogP contribution >= 0.6 is 22.6 Å². The van der Waals surface area contributed by atoms with Crippen LogP contribution in [0.25, 0.3) is 0 Å². The molecule has 43 heavy (non-hydrogen) atoms. The van der Waals surface area contributed by atoms with Crippen molar-refractivity contribution in [1.29, 1.82) is 0 Å². The minimum atomic E-state index is -1.61. The Labute approximate surface area is 261 Å². The highest BCUT2D eigenvalue weighted by Crippen LogP contribution is 2.10. The van der Waals surface area contributed by atoms with Gasteiger partial charge in [-0.15, -0.1) is 0 Å². The summed E-state index contributed by atoms with van der Waals surface area (Å²) in [7, 11) is 0. The summed E-state index contributed by atoms with van der Waals surface area (Å²) in [5, 5.41) is 45.6. The van der Waals surface area contributed by atoms with Crippen LogP contribution in [0.1, 0.15) is 63.4 Å². The molecule has 0 saturated carbocycles. The van der Waals surface area contributed by atoms with Gasteiger partial charge in [-0.05, 0) is 85.2 Å². The minimum Gasteiger partial charge on any atom is -0.481 e. The molecule has 1 rings (SSSR count). The molecule has 0 radical (unpaired) electrons. The van der Waals surface area contributed by atoms with E-state index < -0.39 is 79.6 Å². The molecule has 0 aromatic heterocycles. The highest BCUT2D eigenvalue weighted by Gasteiger charge is 2.26. The summed E-state index contributed by atoms with van der Waals surface area (Å²) in [6, 6.07) is 2.42. The lowest BCUT2D eigenvalue weighted by molar-refractivity contribution is -0.142. The first-order chi connectivity index (χ1) is 20.3. The van der Waals surface area contributed by atoms with Gasteiger partial charge in [-0.1, -0.05) is 12.1 Å². The predicted molar refractivity (Wildman–Crippen MR) is 159 cm³/mol. The van der Waals surface area contributed by atoms with E-state index in [-0.39, 0.29) is 12.3 Å². The van der Waals surface area contributed by atoms with Gasteiger partial charge in [0.15, 0.2) is 0 Å². The standard InChI is InChI=1S/C27H37IN4O11/c28-17-9-7-16(8-10-17)4-3-6-21(33)29-15-2-1-5-18(24(37)38)30-22(34)13-11-19(25(39)40)31-27(43)32-20(26(41)42)12-14-23(35)36/h7-10,18-20H,1-6,11-15H2,(H,29,33)(H,30,34)(H,35,36)(H,37,38)(H,39,40)(H,41,42)(H2,31,32,43)/t18-,19-,20-/m0/s1. The maximum atomic E-state index is 12.3. The number of aliphatic carboxylic acids is 4. The summed E-state index contributed by atoms with van der Waals surface area (Å²) in [5.74, 6) is -6.49. The van der Waals surface area contributed by atoms with Crippen LogP contribution in [0.2, 0.25) is 0 Å². The second-order valence-corrected chi connectivity index (χ2v) is 10.9. The number of rotatable bonds is 21. The molecule has 0 spiro atoms. The van der Waals surface area contributed by atoms with Gasteiger partial charge in [0.25, 0.3) is 0 Å². The SMILES string of the molecule is O=C(O)CC[C@H](NC(=O)N[C@@H](CCC(=O)N[C@@H](CCCCNC(=O)CCCc1ccc(I)cc1)C(=O)O)C(=O)O)C(=O)O. The monoisotopic (exact) mass is 720 g/mol. The zero-order chi connectivity index (χ0) is 32.4. The fourth-order valence-electron chi connectivity index (χ4n) is 3.83. The van der Waals surface area contributed by atoms with Crippen molar-refractivity contribution < 1.29 is 54.0 Å². The molecule has 3 atom stereocenters. The number of amides is 4. The number of hydrogen-bond acceptors (Lipinski definition) is 7. The Bertz CT molecular complexity index is 1130. The number of halogens is 1. The Morgan fingerprint density at radius 2 is 1.16 bits per heavy atom. The van der Waals surface area contributed by atoms with Gasteiger partial charge >= 0.3 is 29.9 Å². The molecule has 0 saturated heterocycles. The molecule has 4 amide bonds. The first-order valence-electron chi connectivity index (χ1n) is 13.6. The van der Waals surface area contributed by atoms with Crippen molar-refractivity contribution in [2.24, 2.45) is 0 Å². The van der Waals surface area contributed by atoms with Crippen LogP contribution in [0.5, 0.6) is 0 Å². The first-order valence-corrected chi connectivity index (χ1v) is 14.6. The normalized spacial score (nSPS) is 12.7. The number of aryl methyl sites for hydroxylation is 1. The van der Waals surface area contributed by atoms with Gasteiger partial charge in [0.2, 0.25) is 11.8 Å². The predicted octanol–water partition coefficient (Wildman–Crippen LogP) is 1.32. The Balaban J connectivity index is 2.39. The zero-order valence-corrected chi connectivity index (χ0v) is 25.5. The third kappa shape index (κ3) is 16.9.